The average Bonchev–Trinajstić information content (AvgIpc) is 2.72. The Kier molecular flexibility index (Phi) is 9.08. The zero-order chi connectivity index (χ0) is 21.2. The van der Waals surface area contributed by atoms with E-state index in [1.165, 1.54) is 14.2 Å². The van der Waals surface area contributed by atoms with Gasteiger partial charge in [0.05, 0.1) is 9.10 Å². The fourth-order valence-electron chi connectivity index (χ4n) is 2.50. The minimum Gasteiger partial charge on any atom is -0.398 e. The molecule has 0 saturated carbocycles. The summed E-state index contributed by atoms with van der Waals surface area (Å²) in [6.07, 6.45) is 1.95. The number of hydrogen-bond acceptors (Lipinski definition) is 5. The molecule has 0 radical (unpaired) electrons. The van der Waals surface area contributed by atoms with Crippen molar-refractivity contribution >= 4 is 55.3 Å². The molecule has 6 nitrogen and oxygen atoms in total. The highest BCUT2D eigenvalue weighted by Gasteiger charge is 2.17. The third-order valence-electron chi connectivity index (χ3n) is 3.92. The molecule has 0 bridgehead atoms. The average molecular weight is 523 g/mol. The number of carbonyl (C=O) groups is 1. The van der Waals surface area contributed by atoms with Crippen molar-refractivity contribution in [2.75, 3.05) is 14.2 Å². The molecule has 0 unspecified atom stereocenters. The summed E-state index contributed by atoms with van der Waals surface area (Å²) in [7, 11) is 2.94. The Labute approximate surface area is 186 Å². The van der Waals surface area contributed by atoms with E-state index >= 15 is 0 Å². The van der Waals surface area contributed by atoms with Crippen LogP contribution in [0.2, 0.25) is 0 Å². The van der Waals surface area contributed by atoms with Crippen LogP contribution in [0.4, 0.5) is 0 Å². The van der Waals surface area contributed by atoms with Gasteiger partial charge in [-0.25, -0.2) is 0 Å². The molecule has 0 saturated heterocycles. The highest BCUT2D eigenvalue weighted by atomic mass is 79.9. The summed E-state index contributed by atoms with van der Waals surface area (Å²) in [5.41, 5.74) is 4.32. The zero-order valence-corrected chi connectivity index (χ0v) is 19.5. The number of nitrogens with zero attached hydrogens (tertiary/aromatic N) is 2. The summed E-state index contributed by atoms with van der Waals surface area (Å²) >= 11 is 6.69. The van der Waals surface area contributed by atoms with Gasteiger partial charge in [-0.2, -0.15) is 0 Å². The molecule has 8 heteroatoms. The molecule has 152 valence electrons. The Balaban J connectivity index is 2.15. The van der Waals surface area contributed by atoms with Gasteiger partial charge in [0, 0.05) is 18.2 Å². The van der Waals surface area contributed by atoms with Crippen LogP contribution in [0.3, 0.4) is 0 Å². The van der Waals surface area contributed by atoms with Crippen LogP contribution >= 0.6 is 31.9 Å². The Morgan fingerprint density at radius 3 is 2.41 bits per heavy atom. The summed E-state index contributed by atoms with van der Waals surface area (Å²) in [6, 6.07) is 15.2. The number of oxime groups is 2. The van der Waals surface area contributed by atoms with Crippen LogP contribution in [0.15, 0.2) is 62.2 Å². The van der Waals surface area contributed by atoms with Crippen molar-refractivity contribution in [3.8, 4) is 0 Å². The van der Waals surface area contributed by atoms with Crippen molar-refractivity contribution < 1.29 is 14.5 Å². The molecule has 0 fully saturated rings. The van der Waals surface area contributed by atoms with Crippen molar-refractivity contribution in [3.05, 3.63) is 74.2 Å². The summed E-state index contributed by atoms with van der Waals surface area (Å²) < 4.78 is 0.873. The minimum absolute atomic E-state index is 0.177. The summed E-state index contributed by atoms with van der Waals surface area (Å²) in [5.74, 6) is -0.344. The first-order chi connectivity index (χ1) is 14.0. The van der Waals surface area contributed by atoms with E-state index in [2.05, 4.69) is 47.5 Å². The Morgan fingerprint density at radius 2 is 1.79 bits per heavy atom. The molecule has 2 aromatic rings. The molecule has 29 heavy (non-hydrogen) atoms. The van der Waals surface area contributed by atoms with Crippen LogP contribution in [0.1, 0.15) is 29.2 Å². The lowest BCUT2D eigenvalue weighted by atomic mass is 10.0. The summed E-state index contributed by atoms with van der Waals surface area (Å²) in [6.45, 7) is 2.06. The quantitative estimate of drug-likeness (QED) is 0.399. The van der Waals surface area contributed by atoms with Gasteiger partial charge in [0.25, 0.3) is 5.91 Å². The van der Waals surface area contributed by atoms with Crippen molar-refractivity contribution in [3.63, 3.8) is 0 Å². The van der Waals surface area contributed by atoms with Gasteiger partial charge >= 0.3 is 0 Å². The van der Waals surface area contributed by atoms with Gasteiger partial charge in [0.2, 0.25) is 0 Å². The first-order valence-electron chi connectivity index (χ1n) is 8.67. The molecule has 0 aliphatic rings. The molecule has 0 aliphatic carbocycles. The third kappa shape index (κ3) is 6.83. The highest BCUT2D eigenvalue weighted by Crippen LogP contribution is 2.18. The Hall–Kier alpha value is -2.45. The van der Waals surface area contributed by atoms with E-state index in [-0.39, 0.29) is 18.2 Å². The van der Waals surface area contributed by atoms with Gasteiger partial charge in [0.15, 0.2) is 5.71 Å². The van der Waals surface area contributed by atoms with E-state index < -0.39 is 0 Å². The molecule has 0 aromatic heterocycles. The largest absolute Gasteiger partial charge is 0.398 e. The van der Waals surface area contributed by atoms with E-state index in [4.69, 9.17) is 9.68 Å². The number of amides is 1. The molecule has 0 aliphatic heterocycles. The molecular formula is C21H21Br2N3O3. The SMILES string of the molecule is CNC(=O)/C(=N/OC)c1ccccc1CON=C(C)c1ccc(C=C(Br)Br)cc1. The third-order valence-corrected chi connectivity index (χ3v) is 4.38. The van der Waals surface area contributed by atoms with Crippen LogP contribution in [0.5, 0.6) is 0 Å². The molecule has 2 rings (SSSR count). The monoisotopic (exact) mass is 521 g/mol. The normalized spacial score (nSPS) is 11.6. The van der Waals surface area contributed by atoms with Gasteiger partial charge in [-0.05, 0) is 56.0 Å². The highest BCUT2D eigenvalue weighted by molar-refractivity contribution is 9.28. The zero-order valence-electron chi connectivity index (χ0n) is 16.3. The number of rotatable bonds is 8. The number of nitrogens with one attached hydrogen (secondary N) is 1. The Bertz CT molecular complexity index is 934. The van der Waals surface area contributed by atoms with E-state index in [9.17, 15) is 4.79 Å². The predicted octanol–water partition coefficient (Wildman–Crippen LogP) is 4.81. The molecule has 2 aromatic carbocycles. The topological polar surface area (TPSA) is 72.3 Å². The molecule has 0 atom stereocenters. The Morgan fingerprint density at radius 1 is 1.10 bits per heavy atom. The van der Waals surface area contributed by atoms with Crippen LogP contribution in [0, 0.1) is 0 Å². The number of carbonyl (C=O) groups excluding carboxylic acids is 1. The second-order valence-corrected chi connectivity index (χ2v) is 8.64. The van der Waals surface area contributed by atoms with E-state index in [0.29, 0.717) is 5.56 Å². The number of likely N-dealkylation sites (N-methyl/N-ethyl adjacent to an activating group) is 1. The molecule has 0 heterocycles. The van der Waals surface area contributed by atoms with Crippen LogP contribution in [-0.4, -0.2) is 31.5 Å². The smallest absolute Gasteiger partial charge is 0.273 e. The minimum atomic E-state index is -0.344. The van der Waals surface area contributed by atoms with Crippen molar-refractivity contribution in [1.82, 2.24) is 5.32 Å². The summed E-state index contributed by atoms with van der Waals surface area (Å²) in [5, 5.41) is 10.6. The van der Waals surface area contributed by atoms with Gasteiger partial charge in [-0.1, -0.05) is 58.8 Å². The molecule has 1 amide bonds. The van der Waals surface area contributed by atoms with E-state index in [1.807, 2.05) is 55.5 Å². The lowest BCUT2D eigenvalue weighted by molar-refractivity contribution is -0.114. The maximum Gasteiger partial charge on any atom is 0.273 e. The second kappa shape index (κ2) is 11.5. The molecular weight excluding hydrogens is 502 g/mol. The predicted molar refractivity (Wildman–Crippen MR) is 123 cm³/mol. The fourth-order valence-corrected chi connectivity index (χ4v) is 3.03. The standard InChI is InChI=1S/C21H21Br2N3O3/c1-14(16-10-8-15(9-11-16)12-19(22)23)25-29-13-17-6-4-5-7-18(17)20(26-28-3)21(27)24-2/h4-12H,13H2,1-3H3,(H,24,27)/b25-14?,26-20+. The van der Waals surface area contributed by atoms with Crippen molar-refractivity contribution in [2.45, 2.75) is 13.5 Å². The second-order valence-electron chi connectivity index (χ2n) is 5.86. The number of halogens is 2. The number of benzene rings is 2. The van der Waals surface area contributed by atoms with Crippen molar-refractivity contribution in [2.24, 2.45) is 10.3 Å². The van der Waals surface area contributed by atoms with Crippen LogP contribution in [0.25, 0.3) is 6.08 Å². The van der Waals surface area contributed by atoms with E-state index in [1.54, 1.807) is 6.07 Å². The first kappa shape index (κ1) is 22.8. The van der Waals surface area contributed by atoms with Gasteiger partial charge in [-0.3, -0.25) is 4.79 Å². The maximum absolute atomic E-state index is 12.1. The van der Waals surface area contributed by atoms with E-state index in [0.717, 1.165) is 25.8 Å². The molecule has 0 spiro atoms. The van der Waals surface area contributed by atoms with Crippen molar-refractivity contribution in [1.29, 1.82) is 0 Å². The van der Waals surface area contributed by atoms with Gasteiger partial charge in [0.1, 0.15) is 13.7 Å². The lowest BCUT2D eigenvalue weighted by Gasteiger charge is -2.10. The number of hydrogen-bond donors (Lipinski definition) is 1. The van der Waals surface area contributed by atoms with Crippen LogP contribution < -0.4 is 5.32 Å². The van der Waals surface area contributed by atoms with Crippen LogP contribution in [-0.2, 0) is 21.1 Å². The summed E-state index contributed by atoms with van der Waals surface area (Å²) in [4.78, 5) is 22.5. The lowest BCUT2D eigenvalue weighted by Crippen LogP contribution is -2.29. The molecule has 1 N–H and O–H groups in total. The fraction of sp³-hybridized carbons (Fsp3) is 0.190. The van der Waals surface area contributed by atoms with Gasteiger partial charge in [-0.15, -0.1) is 0 Å². The maximum atomic E-state index is 12.1. The first-order valence-corrected chi connectivity index (χ1v) is 10.3. The van der Waals surface area contributed by atoms with Gasteiger partial charge < -0.3 is 15.0 Å².